The van der Waals surface area contributed by atoms with Crippen molar-refractivity contribution in [3.63, 3.8) is 0 Å². The number of nitrogens with one attached hydrogen (secondary N) is 2. The quantitative estimate of drug-likeness (QED) is 0.830. The summed E-state index contributed by atoms with van der Waals surface area (Å²) in [4.78, 5) is 25.8. The number of aromatic nitrogens is 4. The van der Waals surface area contributed by atoms with Crippen molar-refractivity contribution in [1.82, 2.24) is 30.4 Å². The maximum Gasteiger partial charge on any atom is 0.320 e. The first kappa shape index (κ1) is 16.9. The fourth-order valence-corrected chi connectivity index (χ4v) is 2.64. The summed E-state index contributed by atoms with van der Waals surface area (Å²) in [6.45, 7) is 3.71. The standard InChI is InChI=1S/C15H21N7O3/c1-11-7-13(19-25-11)17-15(24)16-8-12-9-22(20-18-12)10-14(23)21-5-3-2-4-6-21/h7,9H,2-6,8,10H2,1H3,(H2,16,17,19,24). The molecule has 0 unspecified atom stereocenters. The molecular weight excluding hydrogens is 326 g/mol. The van der Waals surface area contributed by atoms with Crippen LogP contribution in [0.15, 0.2) is 16.8 Å². The number of aryl methyl sites for hydroxylation is 1. The molecule has 2 aromatic rings. The molecule has 2 N–H and O–H groups in total. The van der Waals surface area contributed by atoms with Gasteiger partial charge >= 0.3 is 6.03 Å². The molecule has 1 aliphatic heterocycles. The van der Waals surface area contributed by atoms with Crippen LogP contribution >= 0.6 is 0 Å². The average Bonchev–Trinajstić information content (AvgIpc) is 3.22. The summed E-state index contributed by atoms with van der Waals surface area (Å²) in [5, 5.41) is 16.8. The number of piperidine rings is 1. The Kier molecular flexibility index (Phi) is 5.26. The maximum absolute atomic E-state index is 12.2. The molecule has 25 heavy (non-hydrogen) atoms. The molecule has 0 radical (unpaired) electrons. The third-order valence-electron chi connectivity index (χ3n) is 3.89. The lowest BCUT2D eigenvalue weighted by atomic mass is 10.1. The molecule has 3 heterocycles. The van der Waals surface area contributed by atoms with Gasteiger partial charge < -0.3 is 14.7 Å². The third-order valence-corrected chi connectivity index (χ3v) is 3.89. The third kappa shape index (κ3) is 4.78. The smallest absolute Gasteiger partial charge is 0.320 e. The number of rotatable bonds is 5. The van der Waals surface area contributed by atoms with Gasteiger partial charge in [-0.25, -0.2) is 9.48 Å². The minimum Gasteiger partial charge on any atom is -0.360 e. The van der Waals surface area contributed by atoms with Crippen LogP contribution < -0.4 is 10.6 Å². The van der Waals surface area contributed by atoms with Crippen molar-refractivity contribution in [2.24, 2.45) is 0 Å². The summed E-state index contributed by atoms with van der Waals surface area (Å²) in [5.41, 5.74) is 0.568. The number of amides is 3. The van der Waals surface area contributed by atoms with Crippen LogP contribution in [0.4, 0.5) is 10.6 Å². The Morgan fingerprint density at radius 1 is 1.28 bits per heavy atom. The van der Waals surface area contributed by atoms with Crippen LogP contribution in [0, 0.1) is 6.92 Å². The van der Waals surface area contributed by atoms with Crippen molar-refractivity contribution in [1.29, 1.82) is 0 Å². The van der Waals surface area contributed by atoms with Gasteiger partial charge in [-0.05, 0) is 26.2 Å². The number of carbonyl (C=O) groups excluding carboxylic acids is 2. The summed E-state index contributed by atoms with van der Waals surface area (Å²) in [6, 6.07) is 1.19. The van der Waals surface area contributed by atoms with Gasteiger partial charge in [0.2, 0.25) is 5.91 Å². The van der Waals surface area contributed by atoms with Crippen LogP contribution in [-0.2, 0) is 17.9 Å². The number of urea groups is 1. The Labute approximate surface area is 144 Å². The predicted octanol–water partition coefficient (Wildman–Crippen LogP) is 0.909. The predicted molar refractivity (Wildman–Crippen MR) is 87.6 cm³/mol. The first-order chi connectivity index (χ1) is 12.1. The Morgan fingerprint density at radius 3 is 2.80 bits per heavy atom. The van der Waals surface area contributed by atoms with E-state index in [9.17, 15) is 9.59 Å². The molecule has 3 amide bonds. The zero-order valence-corrected chi connectivity index (χ0v) is 14.1. The fraction of sp³-hybridized carbons (Fsp3) is 0.533. The van der Waals surface area contributed by atoms with E-state index < -0.39 is 6.03 Å². The highest BCUT2D eigenvalue weighted by molar-refractivity contribution is 5.88. The average molecular weight is 347 g/mol. The van der Waals surface area contributed by atoms with Crippen LogP contribution in [0.5, 0.6) is 0 Å². The SMILES string of the molecule is Cc1cc(NC(=O)NCc2cn(CC(=O)N3CCCCC3)nn2)no1. The lowest BCUT2D eigenvalue weighted by Gasteiger charge is -2.26. The lowest BCUT2D eigenvalue weighted by Crippen LogP contribution is -2.37. The zero-order chi connectivity index (χ0) is 17.6. The minimum absolute atomic E-state index is 0.0447. The molecule has 0 aromatic carbocycles. The van der Waals surface area contributed by atoms with Gasteiger partial charge in [-0.2, -0.15) is 0 Å². The van der Waals surface area contributed by atoms with Crippen molar-refractivity contribution in [2.75, 3.05) is 18.4 Å². The Balaban J connectivity index is 1.44. The molecule has 0 aliphatic carbocycles. The van der Waals surface area contributed by atoms with Crippen LogP contribution in [0.25, 0.3) is 0 Å². The monoisotopic (exact) mass is 347 g/mol. The van der Waals surface area contributed by atoms with Gasteiger partial charge in [0, 0.05) is 19.2 Å². The number of hydrogen-bond acceptors (Lipinski definition) is 6. The van der Waals surface area contributed by atoms with E-state index in [1.807, 2.05) is 4.90 Å². The molecule has 1 saturated heterocycles. The molecule has 3 rings (SSSR count). The van der Waals surface area contributed by atoms with Gasteiger partial charge in [-0.3, -0.25) is 10.1 Å². The summed E-state index contributed by atoms with van der Waals surface area (Å²) >= 11 is 0. The van der Waals surface area contributed by atoms with Gasteiger partial charge in [-0.15, -0.1) is 5.10 Å². The normalized spacial score (nSPS) is 14.4. The molecule has 134 valence electrons. The van der Waals surface area contributed by atoms with Gasteiger partial charge in [0.15, 0.2) is 5.82 Å². The van der Waals surface area contributed by atoms with E-state index in [4.69, 9.17) is 4.52 Å². The Hall–Kier alpha value is -2.91. The highest BCUT2D eigenvalue weighted by Crippen LogP contribution is 2.09. The van der Waals surface area contributed by atoms with Gasteiger partial charge in [0.05, 0.1) is 12.7 Å². The molecule has 10 heteroatoms. The fourth-order valence-electron chi connectivity index (χ4n) is 2.64. The Morgan fingerprint density at radius 2 is 2.08 bits per heavy atom. The molecular formula is C15H21N7O3. The van der Waals surface area contributed by atoms with E-state index >= 15 is 0 Å². The van der Waals surface area contributed by atoms with Gasteiger partial charge in [-0.1, -0.05) is 10.4 Å². The van der Waals surface area contributed by atoms with E-state index in [2.05, 4.69) is 26.1 Å². The van der Waals surface area contributed by atoms with Crippen LogP contribution in [0.2, 0.25) is 0 Å². The number of anilines is 1. The highest BCUT2D eigenvalue weighted by atomic mass is 16.5. The van der Waals surface area contributed by atoms with Crippen molar-refractivity contribution in [3.8, 4) is 0 Å². The second-order valence-corrected chi connectivity index (χ2v) is 5.98. The van der Waals surface area contributed by atoms with Crippen molar-refractivity contribution >= 4 is 17.8 Å². The molecule has 0 spiro atoms. The summed E-state index contributed by atoms with van der Waals surface area (Å²) in [5.74, 6) is 0.991. The lowest BCUT2D eigenvalue weighted by molar-refractivity contribution is -0.132. The van der Waals surface area contributed by atoms with Crippen molar-refractivity contribution < 1.29 is 14.1 Å². The molecule has 1 aliphatic rings. The minimum atomic E-state index is -0.424. The first-order valence-corrected chi connectivity index (χ1v) is 8.25. The maximum atomic E-state index is 12.2. The van der Waals surface area contributed by atoms with E-state index in [0.29, 0.717) is 17.3 Å². The molecule has 10 nitrogen and oxygen atoms in total. The van der Waals surface area contributed by atoms with E-state index in [1.54, 1.807) is 19.2 Å². The number of hydrogen-bond donors (Lipinski definition) is 2. The first-order valence-electron chi connectivity index (χ1n) is 8.25. The van der Waals surface area contributed by atoms with E-state index in [-0.39, 0.29) is 19.0 Å². The number of likely N-dealkylation sites (tertiary alicyclic amines) is 1. The summed E-state index contributed by atoms with van der Waals surface area (Å²) < 4.78 is 6.36. The van der Waals surface area contributed by atoms with E-state index in [1.165, 1.54) is 11.1 Å². The highest BCUT2D eigenvalue weighted by Gasteiger charge is 2.17. The molecule has 2 aromatic heterocycles. The van der Waals surface area contributed by atoms with Gasteiger partial charge in [0.1, 0.15) is 18.0 Å². The van der Waals surface area contributed by atoms with Crippen LogP contribution in [0.3, 0.4) is 0 Å². The Bertz CT molecular complexity index is 733. The van der Waals surface area contributed by atoms with Crippen molar-refractivity contribution in [2.45, 2.75) is 39.3 Å². The van der Waals surface area contributed by atoms with Gasteiger partial charge in [0.25, 0.3) is 0 Å². The summed E-state index contributed by atoms with van der Waals surface area (Å²) in [6.07, 6.45) is 4.94. The second kappa shape index (κ2) is 7.77. The number of carbonyl (C=O) groups is 2. The summed E-state index contributed by atoms with van der Waals surface area (Å²) in [7, 11) is 0. The van der Waals surface area contributed by atoms with Crippen LogP contribution in [0.1, 0.15) is 30.7 Å². The molecule has 0 saturated carbocycles. The number of nitrogens with zero attached hydrogens (tertiary/aromatic N) is 5. The van der Waals surface area contributed by atoms with Crippen LogP contribution in [-0.4, -0.2) is 50.1 Å². The molecule has 0 atom stereocenters. The van der Waals surface area contributed by atoms with Crippen molar-refractivity contribution in [3.05, 3.63) is 23.7 Å². The largest absolute Gasteiger partial charge is 0.360 e. The molecule has 0 bridgehead atoms. The topological polar surface area (TPSA) is 118 Å². The zero-order valence-electron chi connectivity index (χ0n) is 14.1. The van der Waals surface area contributed by atoms with E-state index in [0.717, 1.165) is 25.9 Å². The molecule has 1 fully saturated rings. The second-order valence-electron chi connectivity index (χ2n) is 5.98.